The summed E-state index contributed by atoms with van der Waals surface area (Å²) in [5.74, 6) is 0.748. The van der Waals surface area contributed by atoms with Crippen molar-refractivity contribution in [3.63, 3.8) is 0 Å². The second-order valence-corrected chi connectivity index (χ2v) is 5.06. The smallest absolute Gasteiger partial charge is 0.295 e. The largest absolute Gasteiger partial charge is 0.489 e. The molecule has 6 nitrogen and oxygen atoms in total. The summed E-state index contributed by atoms with van der Waals surface area (Å²) in [6.45, 7) is 5.06. The van der Waals surface area contributed by atoms with Gasteiger partial charge in [0.2, 0.25) is 5.75 Å². The van der Waals surface area contributed by atoms with Gasteiger partial charge in [-0.25, -0.2) is 4.98 Å². The van der Waals surface area contributed by atoms with Crippen LogP contribution >= 0.6 is 0 Å². The monoisotopic (exact) mass is 252 g/mol. The maximum absolute atomic E-state index is 11.5. The molecular formula is C12H20N4O2. The van der Waals surface area contributed by atoms with E-state index in [2.05, 4.69) is 27.5 Å². The molecule has 1 aliphatic rings. The molecule has 1 atom stereocenters. The Morgan fingerprint density at radius 2 is 2.44 bits per heavy atom. The summed E-state index contributed by atoms with van der Waals surface area (Å²) in [6, 6.07) is 0. The highest BCUT2D eigenvalue weighted by Gasteiger charge is 2.27. The van der Waals surface area contributed by atoms with E-state index in [-0.39, 0.29) is 16.7 Å². The van der Waals surface area contributed by atoms with Crippen LogP contribution in [0.2, 0.25) is 0 Å². The Kier molecular flexibility index (Phi) is 3.86. The van der Waals surface area contributed by atoms with E-state index in [4.69, 9.17) is 4.74 Å². The molecule has 0 aliphatic carbocycles. The Labute approximate surface area is 106 Å². The zero-order chi connectivity index (χ0) is 13.0. The topological polar surface area (TPSA) is 79.0 Å². The van der Waals surface area contributed by atoms with Gasteiger partial charge in [0.25, 0.3) is 5.56 Å². The molecule has 18 heavy (non-hydrogen) atoms. The van der Waals surface area contributed by atoms with Crippen molar-refractivity contribution in [2.24, 2.45) is 5.41 Å². The van der Waals surface area contributed by atoms with Crippen LogP contribution in [0, 0.1) is 5.41 Å². The minimum Gasteiger partial charge on any atom is -0.489 e. The van der Waals surface area contributed by atoms with Crippen LogP contribution in [0.4, 0.5) is 5.82 Å². The first-order valence-corrected chi connectivity index (χ1v) is 6.21. The van der Waals surface area contributed by atoms with Gasteiger partial charge in [0.05, 0.1) is 13.4 Å². The quantitative estimate of drug-likeness (QED) is 0.730. The first-order valence-electron chi connectivity index (χ1n) is 6.21. The van der Waals surface area contributed by atoms with Crippen molar-refractivity contribution in [3.05, 3.63) is 16.7 Å². The predicted octanol–water partition coefficient (Wildman–Crippen LogP) is 0.580. The maximum atomic E-state index is 11.5. The molecule has 0 spiro atoms. The summed E-state index contributed by atoms with van der Waals surface area (Å²) in [5, 5.41) is 6.61. The zero-order valence-electron chi connectivity index (χ0n) is 10.9. The van der Waals surface area contributed by atoms with Gasteiger partial charge in [0, 0.05) is 13.1 Å². The number of aromatic nitrogens is 2. The molecule has 1 saturated heterocycles. The number of nitrogens with zero attached hydrogens (tertiary/aromatic N) is 1. The second-order valence-electron chi connectivity index (χ2n) is 5.06. The summed E-state index contributed by atoms with van der Waals surface area (Å²) in [5.41, 5.74) is -0.0741. The van der Waals surface area contributed by atoms with Gasteiger partial charge < -0.3 is 20.4 Å². The standard InChI is InChI=1S/C12H20N4O2/c1-12(4-3-5-13-6-12)7-14-10-9(18-2)11(17)16-8-15-10/h8,13H,3-7H2,1-2H3,(H2,14,15,16,17). The van der Waals surface area contributed by atoms with Gasteiger partial charge in [-0.1, -0.05) is 6.92 Å². The molecule has 3 N–H and O–H groups in total. The SMILES string of the molecule is COc1c(NCC2(C)CCCNC2)nc[nH]c1=O. The highest BCUT2D eigenvalue weighted by Crippen LogP contribution is 2.26. The minimum absolute atomic E-state index is 0.188. The lowest BCUT2D eigenvalue weighted by atomic mass is 9.83. The fourth-order valence-corrected chi connectivity index (χ4v) is 2.27. The highest BCUT2D eigenvalue weighted by atomic mass is 16.5. The molecule has 1 aliphatic heterocycles. The Hall–Kier alpha value is -1.56. The van der Waals surface area contributed by atoms with Crippen molar-refractivity contribution in [2.45, 2.75) is 19.8 Å². The van der Waals surface area contributed by atoms with Gasteiger partial charge in [0.15, 0.2) is 5.82 Å². The molecule has 0 aromatic carbocycles. The van der Waals surface area contributed by atoms with Crippen LogP contribution in [0.3, 0.4) is 0 Å². The van der Waals surface area contributed by atoms with Gasteiger partial charge in [-0.15, -0.1) is 0 Å². The summed E-state index contributed by atoms with van der Waals surface area (Å²) < 4.78 is 5.06. The van der Waals surface area contributed by atoms with Crippen molar-refractivity contribution in [1.82, 2.24) is 15.3 Å². The lowest BCUT2D eigenvalue weighted by Gasteiger charge is -2.34. The maximum Gasteiger partial charge on any atom is 0.295 e. The molecule has 2 rings (SSSR count). The van der Waals surface area contributed by atoms with Crippen LogP contribution in [-0.2, 0) is 0 Å². The summed E-state index contributed by atoms with van der Waals surface area (Å²) in [4.78, 5) is 18.1. The Morgan fingerprint density at radius 1 is 1.61 bits per heavy atom. The molecule has 1 unspecified atom stereocenters. The molecule has 0 saturated carbocycles. The normalized spacial score (nSPS) is 23.7. The number of piperidine rings is 1. The van der Waals surface area contributed by atoms with Crippen LogP contribution in [0.5, 0.6) is 5.75 Å². The van der Waals surface area contributed by atoms with Crippen LogP contribution in [0.1, 0.15) is 19.8 Å². The summed E-state index contributed by atoms with van der Waals surface area (Å²) >= 11 is 0. The Bertz CT molecular complexity index is 452. The molecule has 2 heterocycles. The van der Waals surface area contributed by atoms with Gasteiger partial charge in [0.1, 0.15) is 0 Å². The third-order valence-corrected chi connectivity index (χ3v) is 3.38. The molecule has 0 radical (unpaired) electrons. The van der Waals surface area contributed by atoms with Gasteiger partial charge in [-0.3, -0.25) is 4.79 Å². The lowest BCUT2D eigenvalue weighted by molar-refractivity contribution is 0.253. The van der Waals surface area contributed by atoms with Crippen molar-refractivity contribution >= 4 is 5.82 Å². The van der Waals surface area contributed by atoms with E-state index in [0.717, 1.165) is 19.6 Å². The number of rotatable bonds is 4. The van der Waals surface area contributed by atoms with Crippen molar-refractivity contribution in [2.75, 3.05) is 32.1 Å². The van der Waals surface area contributed by atoms with Crippen LogP contribution in [0.25, 0.3) is 0 Å². The summed E-state index contributed by atoms with van der Waals surface area (Å²) in [6.07, 6.45) is 3.73. The van der Waals surface area contributed by atoms with Gasteiger partial charge >= 0.3 is 0 Å². The molecule has 100 valence electrons. The van der Waals surface area contributed by atoms with E-state index in [1.54, 1.807) is 0 Å². The lowest BCUT2D eigenvalue weighted by Crippen LogP contribution is -2.42. The van der Waals surface area contributed by atoms with Crippen molar-refractivity contribution in [1.29, 1.82) is 0 Å². The first kappa shape index (κ1) is 12.9. The predicted molar refractivity (Wildman–Crippen MR) is 70.1 cm³/mol. The molecular weight excluding hydrogens is 232 g/mol. The number of nitrogens with one attached hydrogen (secondary N) is 3. The van der Waals surface area contributed by atoms with Gasteiger partial charge in [-0.05, 0) is 24.8 Å². The summed E-state index contributed by atoms with van der Waals surface area (Å²) in [7, 11) is 1.47. The number of ether oxygens (including phenoxy) is 1. The van der Waals surface area contributed by atoms with Crippen LogP contribution in [-0.4, -0.2) is 36.7 Å². The second kappa shape index (κ2) is 5.39. The third kappa shape index (κ3) is 2.81. The first-order chi connectivity index (χ1) is 8.64. The fourth-order valence-electron chi connectivity index (χ4n) is 2.27. The van der Waals surface area contributed by atoms with E-state index in [1.165, 1.54) is 26.3 Å². The third-order valence-electron chi connectivity index (χ3n) is 3.38. The highest BCUT2D eigenvalue weighted by molar-refractivity contribution is 5.47. The average molecular weight is 252 g/mol. The van der Waals surface area contributed by atoms with Crippen molar-refractivity contribution in [3.8, 4) is 5.75 Å². The number of H-pyrrole nitrogens is 1. The molecule has 0 bridgehead atoms. The average Bonchev–Trinajstić information content (AvgIpc) is 2.37. The molecule has 1 fully saturated rings. The number of hydrogen-bond acceptors (Lipinski definition) is 5. The number of methoxy groups -OCH3 is 1. The molecule has 1 aromatic heterocycles. The van der Waals surface area contributed by atoms with E-state index >= 15 is 0 Å². The van der Waals surface area contributed by atoms with Crippen molar-refractivity contribution < 1.29 is 4.74 Å². The number of aromatic amines is 1. The number of hydrogen-bond donors (Lipinski definition) is 3. The van der Waals surface area contributed by atoms with E-state index < -0.39 is 0 Å². The molecule has 0 amide bonds. The van der Waals surface area contributed by atoms with E-state index in [1.807, 2.05) is 0 Å². The van der Waals surface area contributed by atoms with E-state index in [0.29, 0.717) is 5.82 Å². The van der Waals surface area contributed by atoms with Gasteiger partial charge in [-0.2, -0.15) is 0 Å². The molecule has 6 heteroatoms. The Morgan fingerprint density at radius 3 is 3.11 bits per heavy atom. The number of anilines is 1. The fraction of sp³-hybridized carbons (Fsp3) is 0.667. The van der Waals surface area contributed by atoms with Crippen LogP contribution < -0.4 is 20.9 Å². The zero-order valence-corrected chi connectivity index (χ0v) is 10.9. The Balaban J connectivity index is 2.06. The van der Waals surface area contributed by atoms with E-state index in [9.17, 15) is 4.79 Å². The molecule has 1 aromatic rings. The van der Waals surface area contributed by atoms with Crippen LogP contribution in [0.15, 0.2) is 11.1 Å². The minimum atomic E-state index is -0.262.